The number of rotatable bonds is 0. The molecule has 0 unspecified atom stereocenters. The second-order valence-electron chi connectivity index (χ2n) is 3.12. The number of hydrogen-bond donors (Lipinski definition) is 2. The lowest BCUT2D eigenvalue weighted by atomic mass is 10.2. The average Bonchev–Trinajstić information content (AvgIpc) is 2.63. The first-order valence-electron chi connectivity index (χ1n) is 4.08. The van der Waals surface area contributed by atoms with Crippen LogP contribution in [-0.4, -0.2) is 4.98 Å². The lowest BCUT2D eigenvalue weighted by Gasteiger charge is -1.90. The Balaban J connectivity index is 2.54. The number of nitrogens with two attached hydrogens (primary N) is 1. The third-order valence-corrected chi connectivity index (χ3v) is 3.09. The van der Waals surface area contributed by atoms with Crippen molar-refractivity contribution in [1.29, 1.82) is 0 Å². The molecule has 0 atom stereocenters. The van der Waals surface area contributed by atoms with Gasteiger partial charge in [0.15, 0.2) is 0 Å². The summed E-state index contributed by atoms with van der Waals surface area (Å²) in [5, 5.41) is 4.57. The van der Waals surface area contributed by atoms with Crippen LogP contribution in [0.15, 0.2) is 29.6 Å². The number of nitrogens with one attached hydrogen (secondary N) is 1. The predicted molar refractivity (Wildman–Crippen MR) is 58.1 cm³/mol. The second-order valence-corrected chi connectivity index (χ2v) is 4.07. The van der Waals surface area contributed by atoms with E-state index in [9.17, 15) is 0 Å². The molecule has 64 valence electrons. The molecule has 0 fully saturated rings. The number of fused-ring (bicyclic) bond motifs is 2. The normalized spacial score (nSPS) is 11.4. The topological polar surface area (TPSA) is 41.8 Å². The molecule has 0 aliphatic carbocycles. The van der Waals surface area contributed by atoms with Crippen molar-refractivity contribution in [3.8, 4) is 0 Å². The molecule has 3 heteroatoms. The zero-order valence-corrected chi connectivity index (χ0v) is 7.69. The van der Waals surface area contributed by atoms with Crippen LogP contribution in [0.5, 0.6) is 0 Å². The third-order valence-electron chi connectivity index (χ3n) is 2.21. The number of anilines is 1. The first-order valence-corrected chi connectivity index (χ1v) is 4.96. The van der Waals surface area contributed by atoms with E-state index in [4.69, 9.17) is 5.73 Å². The smallest absolute Gasteiger partial charge is 0.101 e. The monoisotopic (exact) mass is 188 g/mol. The molecular formula is C10H8N2S. The molecule has 13 heavy (non-hydrogen) atoms. The Bertz CT molecular complexity index is 529. The van der Waals surface area contributed by atoms with Gasteiger partial charge in [0, 0.05) is 15.6 Å². The van der Waals surface area contributed by atoms with Crippen molar-refractivity contribution in [3.63, 3.8) is 0 Å². The lowest BCUT2D eigenvalue weighted by Crippen LogP contribution is -1.80. The number of thiophene rings is 1. The van der Waals surface area contributed by atoms with Gasteiger partial charge in [-0.2, -0.15) is 0 Å². The first kappa shape index (κ1) is 6.97. The SMILES string of the molecule is Nc1cc2cc3sccc3cc2[nH]1. The van der Waals surface area contributed by atoms with Crippen LogP contribution in [0.2, 0.25) is 0 Å². The molecule has 1 aromatic carbocycles. The highest BCUT2D eigenvalue weighted by Gasteiger charge is 2.00. The van der Waals surface area contributed by atoms with Crippen LogP contribution in [0.4, 0.5) is 5.82 Å². The molecule has 2 nitrogen and oxygen atoms in total. The summed E-state index contributed by atoms with van der Waals surface area (Å²) >= 11 is 1.76. The van der Waals surface area contributed by atoms with Gasteiger partial charge in [-0.1, -0.05) is 0 Å². The van der Waals surface area contributed by atoms with Crippen molar-refractivity contribution < 1.29 is 0 Å². The fourth-order valence-corrected chi connectivity index (χ4v) is 2.43. The summed E-state index contributed by atoms with van der Waals surface area (Å²) in [6.45, 7) is 0. The van der Waals surface area contributed by atoms with Crippen molar-refractivity contribution >= 4 is 38.1 Å². The van der Waals surface area contributed by atoms with E-state index >= 15 is 0 Å². The van der Waals surface area contributed by atoms with Gasteiger partial charge in [-0.05, 0) is 35.0 Å². The number of aromatic amines is 1. The van der Waals surface area contributed by atoms with Gasteiger partial charge in [0.2, 0.25) is 0 Å². The van der Waals surface area contributed by atoms with Crippen molar-refractivity contribution in [3.05, 3.63) is 29.6 Å². The Morgan fingerprint density at radius 1 is 1.15 bits per heavy atom. The number of benzene rings is 1. The molecule has 0 spiro atoms. The van der Waals surface area contributed by atoms with Crippen molar-refractivity contribution in [1.82, 2.24) is 4.98 Å². The van der Waals surface area contributed by atoms with Crippen LogP contribution >= 0.6 is 11.3 Å². The van der Waals surface area contributed by atoms with Gasteiger partial charge in [0.05, 0.1) is 0 Å². The van der Waals surface area contributed by atoms with Gasteiger partial charge in [-0.15, -0.1) is 11.3 Å². The minimum atomic E-state index is 0.729. The Hall–Kier alpha value is -1.48. The van der Waals surface area contributed by atoms with Gasteiger partial charge in [-0.3, -0.25) is 0 Å². The van der Waals surface area contributed by atoms with Crippen LogP contribution in [0.1, 0.15) is 0 Å². The largest absolute Gasteiger partial charge is 0.385 e. The van der Waals surface area contributed by atoms with Crippen molar-refractivity contribution in [2.75, 3.05) is 5.73 Å². The van der Waals surface area contributed by atoms with E-state index in [1.807, 2.05) is 6.07 Å². The van der Waals surface area contributed by atoms with Crippen LogP contribution < -0.4 is 5.73 Å². The van der Waals surface area contributed by atoms with Crippen LogP contribution in [-0.2, 0) is 0 Å². The molecule has 2 heterocycles. The predicted octanol–water partition coefficient (Wildman–Crippen LogP) is 2.96. The van der Waals surface area contributed by atoms with E-state index in [1.165, 1.54) is 15.5 Å². The van der Waals surface area contributed by atoms with E-state index in [0.29, 0.717) is 0 Å². The number of aromatic nitrogens is 1. The maximum Gasteiger partial charge on any atom is 0.101 e. The minimum absolute atomic E-state index is 0.729. The molecule has 0 saturated heterocycles. The molecule has 0 radical (unpaired) electrons. The van der Waals surface area contributed by atoms with E-state index in [-0.39, 0.29) is 0 Å². The van der Waals surface area contributed by atoms with Gasteiger partial charge >= 0.3 is 0 Å². The molecule has 0 aliphatic rings. The fourth-order valence-electron chi connectivity index (χ4n) is 1.61. The summed E-state index contributed by atoms with van der Waals surface area (Å²) in [5.41, 5.74) is 6.78. The van der Waals surface area contributed by atoms with E-state index in [1.54, 1.807) is 11.3 Å². The molecular weight excluding hydrogens is 180 g/mol. The fraction of sp³-hybridized carbons (Fsp3) is 0. The molecule has 0 bridgehead atoms. The van der Waals surface area contributed by atoms with Crippen molar-refractivity contribution in [2.24, 2.45) is 0 Å². The van der Waals surface area contributed by atoms with E-state index < -0.39 is 0 Å². The Kier molecular flexibility index (Phi) is 1.21. The van der Waals surface area contributed by atoms with Crippen LogP contribution in [0.25, 0.3) is 21.0 Å². The highest BCUT2D eigenvalue weighted by atomic mass is 32.1. The molecule has 3 N–H and O–H groups in total. The van der Waals surface area contributed by atoms with Crippen LogP contribution in [0.3, 0.4) is 0 Å². The summed E-state index contributed by atoms with van der Waals surface area (Å²) in [7, 11) is 0. The average molecular weight is 188 g/mol. The summed E-state index contributed by atoms with van der Waals surface area (Å²) < 4.78 is 1.31. The van der Waals surface area contributed by atoms with Gasteiger partial charge in [-0.25, -0.2) is 0 Å². The standard InChI is InChI=1S/C10H8N2S/c11-10-5-7-4-9-6(1-2-13-9)3-8(7)12-10/h1-5,12H,11H2. The Morgan fingerprint density at radius 2 is 2.08 bits per heavy atom. The minimum Gasteiger partial charge on any atom is -0.385 e. The number of hydrogen-bond acceptors (Lipinski definition) is 2. The van der Waals surface area contributed by atoms with Gasteiger partial charge in [0.1, 0.15) is 5.82 Å². The van der Waals surface area contributed by atoms with Gasteiger partial charge < -0.3 is 10.7 Å². The van der Waals surface area contributed by atoms with Crippen LogP contribution in [0, 0.1) is 0 Å². The quantitative estimate of drug-likeness (QED) is 0.559. The lowest BCUT2D eigenvalue weighted by molar-refractivity contribution is 1.48. The summed E-state index contributed by atoms with van der Waals surface area (Å²) in [6, 6.07) is 8.39. The summed E-state index contributed by atoms with van der Waals surface area (Å²) in [4.78, 5) is 3.12. The first-order chi connectivity index (χ1) is 6.33. The Morgan fingerprint density at radius 3 is 3.00 bits per heavy atom. The van der Waals surface area contributed by atoms with E-state index in [0.717, 1.165) is 11.3 Å². The molecule has 3 rings (SSSR count). The second kappa shape index (κ2) is 2.26. The maximum absolute atomic E-state index is 5.67. The van der Waals surface area contributed by atoms with E-state index in [2.05, 4.69) is 28.6 Å². The highest BCUT2D eigenvalue weighted by Crippen LogP contribution is 2.27. The zero-order chi connectivity index (χ0) is 8.84. The van der Waals surface area contributed by atoms with Crippen molar-refractivity contribution in [2.45, 2.75) is 0 Å². The summed E-state index contributed by atoms with van der Waals surface area (Å²) in [5.74, 6) is 0.729. The third kappa shape index (κ3) is 0.939. The highest BCUT2D eigenvalue weighted by molar-refractivity contribution is 7.17. The number of H-pyrrole nitrogens is 1. The molecule has 3 aromatic rings. The molecule has 0 aliphatic heterocycles. The summed E-state index contributed by atoms with van der Waals surface area (Å²) in [6.07, 6.45) is 0. The molecule has 0 amide bonds. The maximum atomic E-state index is 5.67. The number of nitrogen functional groups attached to an aromatic ring is 1. The van der Waals surface area contributed by atoms with Gasteiger partial charge in [0.25, 0.3) is 0 Å². The molecule has 0 saturated carbocycles. The zero-order valence-electron chi connectivity index (χ0n) is 6.87. The molecule has 2 aromatic heterocycles. The Labute approximate surface area is 79.0 Å².